The number of carbonyl (C=O) groups is 1. The van der Waals surface area contributed by atoms with Gasteiger partial charge in [-0.15, -0.1) is 11.3 Å². The van der Waals surface area contributed by atoms with Crippen molar-refractivity contribution in [3.63, 3.8) is 0 Å². The molecule has 1 atom stereocenters. The maximum Gasteiger partial charge on any atom is 0.252 e. The Hall–Kier alpha value is -1.00. The van der Waals surface area contributed by atoms with Gasteiger partial charge >= 0.3 is 0 Å². The van der Waals surface area contributed by atoms with Gasteiger partial charge < -0.3 is 10.1 Å². The Balaban J connectivity index is 1.94. The summed E-state index contributed by atoms with van der Waals surface area (Å²) in [5, 5.41) is 4.67. The molecule has 1 amide bonds. The summed E-state index contributed by atoms with van der Waals surface area (Å²) in [6, 6.07) is 3.48. The number of nitrogens with one attached hydrogen (secondary N) is 1. The summed E-state index contributed by atoms with van der Waals surface area (Å²) in [5.41, 5.74) is 0. The summed E-state index contributed by atoms with van der Waals surface area (Å²) < 4.78 is 31.7. The minimum absolute atomic E-state index is 0.182. The number of nitrogens with zero attached hydrogens (tertiary/aromatic N) is 2. The molecule has 1 aromatic rings. The number of rotatable bonds is 10. The standard InChI is InChI=1S/C18H31N3O4S2/c1-4-15(5-2)16(21-8-10-25-11-9-21)13-19-17(22)14-20(3)27(23,24)18-7-6-12-26-18/h6-7,12,15-16H,4-5,8-11,13-14H2,1-3H3,(H,19,22). The lowest BCUT2D eigenvalue weighted by atomic mass is 9.92. The van der Waals surface area contributed by atoms with Gasteiger partial charge in [0.25, 0.3) is 10.0 Å². The van der Waals surface area contributed by atoms with E-state index in [-0.39, 0.29) is 22.7 Å². The van der Waals surface area contributed by atoms with E-state index >= 15 is 0 Å². The summed E-state index contributed by atoms with van der Waals surface area (Å²) in [6.07, 6.45) is 2.09. The third kappa shape index (κ3) is 5.99. The largest absolute Gasteiger partial charge is 0.379 e. The van der Waals surface area contributed by atoms with Crippen LogP contribution in [0.5, 0.6) is 0 Å². The van der Waals surface area contributed by atoms with E-state index in [0.717, 1.165) is 41.6 Å². The molecule has 0 radical (unpaired) electrons. The van der Waals surface area contributed by atoms with Crippen LogP contribution in [0.25, 0.3) is 0 Å². The van der Waals surface area contributed by atoms with E-state index in [1.54, 1.807) is 17.5 Å². The van der Waals surface area contributed by atoms with Gasteiger partial charge in [0.1, 0.15) is 4.21 Å². The summed E-state index contributed by atoms with van der Waals surface area (Å²) in [7, 11) is -2.17. The van der Waals surface area contributed by atoms with E-state index < -0.39 is 10.0 Å². The summed E-state index contributed by atoms with van der Waals surface area (Å²) in [5.74, 6) is 0.206. The van der Waals surface area contributed by atoms with E-state index in [1.165, 1.54) is 7.05 Å². The molecule has 1 saturated heterocycles. The highest BCUT2D eigenvalue weighted by Crippen LogP contribution is 2.21. The van der Waals surface area contributed by atoms with E-state index in [9.17, 15) is 13.2 Å². The van der Waals surface area contributed by atoms with E-state index in [1.807, 2.05) is 0 Å². The molecule has 1 aliphatic rings. The normalized spacial score (nSPS) is 17.4. The number of sulfonamides is 1. The molecule has 9 heteroatoms. The lowest BCUT2D eigenvalue weighted by Crippen LogP contribution is -2.52. The van der Waals surface area contributed by atoms with Crippen LogP contribution in [0.15, 0.2) is 21.7 Å². The Morgan fingerprint density at radius 1 is 1.33 bits per heavy atom. The Morgan fingerprint density at radius 2 is 2.00 bits per heavy atom. The molecule has 1 unspecified atom stereocenters. The third-order valence-corrected chi connectivity index (χ3v) is 8.32. The fraction of sp³-hybridized carbons (Fsp3) is 0.722. The van der Waals surface area contributed by atoms with E-state index in [0.29, 0.717) is 25.7 Å². The van der Waals surface area contributed by atoms with Crippen LogP contribution >= 0.6 is 11.3 Å². The Bertz CT molecular complexity index is 669. The first-order chi connectivity index (χ1) is 12.9. The van der Waals surface area contributed by atoms with Crippen molar-refractivity contribution >= 4 is 27.3 Å². The van der Waals surface area contributed by atoms with Crippen LogP contribution < -0.4 is 5.32 Å². The molecule has 0 aromatic carbocycles. The van der Waals surface area contributed by atoms with Crippen molar-refractivity contribution in [1.82, 2.24) is 14.5 Å². The smallest absolute Gasteiger partial charge is 0.252 e. The average Bonchev–Trinajstić information content (AvgIpc) is 3.21. The number of ether oxygens (including phenoxy) is 1. The lowest BCUT2D eigenvalue weighted by molar-refractivity contribution is -0.121. The first-order valence-corrected chi connectivity index (χ1v) is 11.8. The van der Waals surface area contributed by atoms with Gasteiger partial charge in [0.15, 0.2) is 0 Å². The Morgan fingerprint density at radius 3 is 2.56 bits per heavy atom. The van der Waals surface area contributed by atoms with Crippen LogP contribution in [0.1, 0.15) is 26.7 Å². The fourth-order valence-electron chi connectivity index (χ4n) is 3.46. The molecular weight excluding hydrogens is 386 g/mol. The van der Waals surface area contributed by atoms with Gasteiger partial charge in [0.2, 0.25) is 5.91 Å². The van der Waals surface area contributed by atoms with Crippen molar-refractivity contribution in [2.24, 2.45) is 5.92 Å². The molecule has 1 aliphatic heterocycles. The number of morpholine rings is 1. The van der Waals surface area contributed by atoms with Crippen LogP contribution in [0, 0.1) is 5.92 Å². The Labute approximate surface area is 166 Å². The molecule has 1 fully saturated rings. The minimum Gasteiger partial charge on any atom is -0.379 e. The van der Waals surface area contributed by atoms with E-state index in [2.05, 4.69) is 24.1 Å². The van der Waals surface area contributed by atoms with Gasteiger partial charge in [-0.1, -0.05) is 32.8 Å². The summed E-state index contributed by atoms with van der Waals surface area (Å²) in [6.45, 7) is 7.85. The third-order valence-electron chi connectivity index (χ3n) is 5.14. The topological polar surface area (TPSA) is 79.0 Å². The number of hydrogen-bond acceptors (Lipinski definition) is 6. The van der Waals surface area contributed by atoms with Crippen molar-refractivity contribution in [2.45, 2.75) is 36.9 Å². The molecule has 0 aliphatic carbocycles. The fourth-order valence-corrected chi connectivity index (χ4v) is 5.79. The van der Waals surface area contributed by atoms with Crippen molar-refractivity contribution in [3.8, 4) is 0 Å². The van der Waals surface area contributed by atoms with Crippen molar-refractivity contribution in [1.29, 1.82) is 0 Å². The Kier molecular flexibility index (Phi) is 8.68. The second-order valence-electron chi connectivity index (χ2n) is 6.79. The predicted octanol–water partition coefficient (Wildman–Crippen LogP) is 1.62. The molecule has 27 heavy (non-hydrogen) atoms. The molecule has 7 nitrogen and oxygen atoms in total. The number of hydrogen-bond donors (Lipinski definition) is 1. The van der Waals surface area contributed by atoms with E-state index in [4.69, 9.17) is 4.74 Å². The van der Waals surface area contributed by atoms with Crippen molar-refractivity contribution in [3.05, 3.63) is 17.5 Å². The minimum atomic E-state index is -3.61. The van der Waals surface area contributed by atoms with Crippen molar-refractivity contribution < 1.29 is 17.9 Å². The molecule has 2 heterocycles. The van der Waals surface area contributed by atoms with Crippen LogP contribution in [0.4, 0.5) is 0 Å². The first-order valence-electron chi connectivity index (χ1n) is 9.48. The first kappa shape index (κ1) is 22.3. The number of thiophene rings is 1. The highest BCUT2D eigenvalue weighted by atomic mass is 32.2. The maximum absolute atomic E-state index is 12.4. The average molecular weight is 418 g/mol. The van der Waals surface area contributed by atoms with Crippen molar-refractivity contribution in [2.75, 3.05) is 46.4 Å². The summed E-state index contributed by atoms with van der Waals surface area (Å²) >= 11 is 1.15. The van der Waals surface area contributed by atoms with Gasteiger partial charge in [-0.2, -0.15) is 4.31 Å². The molecule has 2 rings (SSSR count). The van der Waals surface area contributed by atoms with Gasteiger partial charge in [-0.3, -0.25) is 9.69 Å². The SMILES string of the molecule is CCC(CC)C(CNC(=O)CN(C)S(=O)(=O)c1cccs1)N1CCOCC1. The molecule has 0 saturated carbocycles. The second-order valence-corrected chi connectivity index (χ2v) is 10.0. The highest BCUT2D eigenvalue weighted by Gasteiger charge is 2.28. The number of amides is 1. The maximum atomic E-state index is 12.4. The zero-order chi connectivity index (χ0) is 19.9. The molecule has 0 spiro atoms. The summed E-state index contributed by atoms with van der Waals surface area (Å²) in [4.78, 5) is 14.8. The van der Waals surface area contributed by atoms with Crippen LogP contribution in [-0.2, 0) is 19.6 Å². The lowest BCUT2D eigenvalue weighted by Gasteiger charge is -2.38. The second kappa shape index (κ2) is 10.5. The molecular formula is C18H31N3O4S2. The van der Waals surface area contributed by atoms with Crippen LogP contribution in [0.3, 0.4) is 0 Å². The van der Waals surface area contributed by atoms with Gasteiger partial charge in [0, 0.05) is 32.7 Å². The van der Waals surface area contributed by atoms with Crippen LogP contribution in [-0.4, -0.2) is 76.0 Å². The van der Waals surface area contributed by atoms with Gasteiger partial charge in [-0.05, 0) is 17.4 Å². The quantitative estimate of drug-likeness (QED) is 0.626. The number of carbonyl (C=O) groups excluding carboxylic acids is 1. The highest BCUT2D eigenvalue weighted by molar-refractivity contribution is 7.91. The number of likely N-dealkylation sites (N-methyl/N-ethyl adjacent to an activating group) is 1. The molecule has 1 aromatic heterocycles. The predicted molar refractivity (Wildman–Crippen MR) is 107 cm³/mol. The molecule has 1 N–H and O–H groups in total. The monoisotopic (exact) mass is 417 g/mol. The molecule has 0 bridgehead atoms. The zero-order valence-electron chi connectivity index (χ0n) is 16.4. The zero-order valence-corrected chi connectivity index (χ0v) is 18.0. The van der Waals surface area contributed by atoms with Crippen LogP contribution in [0.2, 0.25) is 0 Å². The van der Waals surface area contributed by atoms with Gasteiger partial charge in [-0.25, -0.2) is 8.42 Å². The molecule has 154 valence electrons. The van der Waals surface area contributed by atoms with Gasteiger partial charge in [0.05, 0.1) is 19.8 Å².